The summed E-state index contributed by atoms with van der Waals surface area (Å²) in [5.41, 5.74) is 0. The van der Waals surface area contributed by atoms with Gasteiger partial charge in [-0.3, -0.25) is 19.2 Å². The smallest absolute Gasteiger partial charge is 0.167 e. The number of carbonyl (C=O) groups excluding carboxylic acids is 4. The van der Waals surface area contributed by atoms with E-state index >= 15 is 0 Å². The Morgan fingerprint density at radius 1 is 0.500 bits per heavy atom. The fourth-order valence-electron chi connectivity index (χ4n) is 1.69. The molecule has 0 saturated heterocycles. The van der Waals surface area contributed by atoms with Crippen LogP contribution in [0.4, 0.5) is 0 Å². The van der Waals surface area contributed by atoms with Crippen molar-refractivity contribution >= 4 is 70.2 Å². The van der Waals surface area contributed by atoms with E-state index in [1.54, 1.807) is 0 Å². The minimum atomic E-state index is -0.155. The number of hydrogen-bond donors (Lipinski definition) is 0. The minimum absolute atomic E-state index is 0.155. The van der Waals surface area contributed by atoms with Crippen molar-refractivity contribution in [2.75, 3.05) is 0 Å². The normalized spacial score (nSPS) is 18.4. The van der Waals surface area contributed by atoms with Crippen molar-refractivity contribution in [3.8, 4) is 0 Å². The number of rotatable bonds is 4. The lowest BCUT2D eigenvalue weighted by atomic mass is 10.3. The molecule has 0 spiro atoms. The summed E-state index contributed by atoms with van der Waals surface area (Å²) in [4.78, 5) is 48.4. The fourth-order valence-corrected chi connectivity index (χ4v) is 7.12. The van der Waals surface area contributed by atoms with E-state index in [0.717, 1.165) is 8.47 Å². The highest BCUT2D eigenvalue weighted by Crippen LogP contribution is 2.60. The highest BCUT2D eigenvalue weighted by Gasteiger charge is 2.34. The summed E-state index contributed by atoms with van der Waals surface area (Å²) in [7, 11) is 0. The first-order chi connectivity index (χ1) is 10.2. The summed E-state index contributed by atoms with van der Waals surface area (Å²) in [6.07, 6.45) is 0. The molecule has 0 radical (unpaired) electrons. The van der Waals surface area contributed by atoms with Gasteiger partial charge in [-0.15, -0.1) is 0 Å². The molecule has 22 heavy (non-hydrogen) atoms. The van der Waals surface area contributed by atoms with Crippen LogP contribution in [0, 0.1) is 0 Å². The molecule has 0 bridgehead atoms. The zero-order valence-electron chi connectivity index (χ0n) is 12.3. The van der Waals surface area contributed by atoms with Gasteiger partial charge < -0.3 is 0 Å². The van der Waals surface area contributed by atoms with E-state index in [-0.39, 0.29) is 23.1 Å². The molecular weight excluding hydrogens is 360 g/mol. The molecule has 0 aromatic heterocycles. The van der Waals surface area contributed by atoms with Gasteiger partial charge in [-0.2, -0.15) is 0 Å². The van der Waals surface area contributed by atoms with Gasteiger partial charge in [0.1, 0.15) is 0 Å². The predicted octanol–water partition coefficient (Wildman–Crippen LogP) is 3.85. The maximum absolute atomic E-state index is 11.7. The number of allylic oxidation sites excluding steroid dienone is 4. The maximum atomic E-state index is 11.7. The van der Waals surface area contributed by atoms with Gasteiger partial charge in [-0.1, -0.05) is 47.0 Å². The first kappa shape index (κ1) is 17.7. The highest BCUT2D eigenvalue weighted by atomic mass is 32.2. The van der Waals surface area contributed by atoms with Gasteiger partial charge in [0.25, 0.3) is 0 Å². The number of Topliss-reactive ketones (excluding diaryl/α,β-unsaturated/α-hetero) is 4. The van der Waals surface area contributed by atoms with Crippen LogP contribution in [-0.2, 0) is 19.2 Å². The molecule has 0 saturated carbocycles. The Morgan fingerprint density at radius 3 is 0.818 bits per heavy atom. The topological polar surface area (TPSA) is 68.3 Å². The molecule has 116 valence electrons. The lowest BCUT2D eigenvalue weighted by Gasteiger charge is -2.01. The molecule has 4 nitrogen and oxygen atoms in total. The second kappa shape index (κ2) is 6.82. The second-order valence-electron chi connectivity index (χ2n) is 4.52. The third-order valence-corrected chi connectivity index (χ3v) is 8.75. The summed E-state index contributed by atoms with van der Waals surface area (Å²) >= 11 is 4.96. The van der Waals surface area contributed by atoms with E-state index in [9.17, 15) is 19.2 Å². The SMILES string of the molecule is CC(=O)C1=C(C(C)=O)SC(=C2SC(C(C)=O)=C(C(C)=O)S2)S1. The summed E-state index contributed by atoms with van der Waals surface area (Å²) in [6, 6.07) is 0. The van der Waals surface area contributed by atoms with E-state index in [2.05, 4.69) is 0 Å². The zero-order valence-corrected chi connectivity index (χ0v) is 15.5. The van der Waals surface area contributed by atoms with Gasteiger partial charge in [0, 0.05) is 0 Å². The average Bonchev–Trinajstić information content (AvgIpc) is 3.02. The lowest BCUT2D eigenvalue weighted by molar-refractivity contribution is -0.115. The molecular formula is C14H12O4S4. The molecule has 8 heteroatoms. The van der Waals surface area contributed by atoms with Gasteiger partial charge in [0.15, 0.2) is 23.1 Å². The van der Waals surface area contributed by atoms with E-state index in [0.29, 0.717) is 19.6 Å². The fraction of sp³-hybridized carbons (Fsp3) is 0.286. The van der Waals surface area contributed by atoms with Crippen molar-refractivity contribution in [3.05, 3.63) is 28.1 Å². The van der Waals surface area contributed by atoms with Crippen LogP contribution in [0.3, 0.4) is 0 Å². The van der Waals surface area contributed by atoms with E-state index < -0.39 is 0 Å². The first-order valence-electron chi connectivity index (χ1n) is 6.20. The molecule has 0 fully saturated rings. The van der Waals surface area contributed by atoms with Crippen molar-refractivity contribution in [2.45, 2.75) is 27.7 Å². The van der Waals surface area contributed by atoms with Crippen LogP contribution in [-0.4, -0.2) is 23.1 Å². The van der Waals surface area contributed by atoms with Crippen LogP contribution in [0.25, 0.3) is 0 Å². The summed E-state index contributed by atoms with van der Waals surface area (Å²) in [5, 5.41) is 0. The number of thioether (sulfide) groups is 4. The van der Waals surface area contributed by atoms with Gasteiger partial charge in [0.05, 0.1) is 28.1 Å². The van der Waals surface area contributed by atoms with Crippen LogP contribution in [0.5, 0.6) is 0 Å². The number of ketones is 4. The summed E-state index contributed by atoms with van der Waals surface area (Å²) in [5.74, 6) is -0.619. The van der Waals surface area contributed by atoms with E-state index in [1.807, 2.05) is 0 Å². The van der Waals surface area contributed by atoms with Crippen LogP contribution >= 0.6 is 47.0 Å². The molecule has 0 aliphatic carbocycles. The Balaban J connectivity index is 2.35. The van der Waals surface area contributed by atoms with Gasteiger partial charge >= 0.3 is 0 Å². The molecule has 0 aromatic carbocycles. The molecule has 2 aliphatic rings. The van der Waals surface area contributed by atoms with Crippen LogP contribution in [0.2, 0.25) is 0 Å². The predicted molar refractivity (Wildman–Crippen MR) is 94.2 cm³/mol. The summed E-state index contributed by atoms with van der Waals surface area (Å²) in [6.45, 7) is 5.70. The third kappa shape index (κ3) is 3.45. The monoisotopic (exact) mass is 372 g/mol. The maximum Gasteiger partial charge on any atom is 0.167 e. The quantitative estimate of drug-likeness (QED) is 0.737. The van der Waals surface area contributed by atoms with Gasteiger partial charge in [-0.25, -0.2) is 0 Å². The molecule has 0 unspecified atom stereocenters. The van der Waals surface area contributed by atoms with Crippen LogP contribution in [0.15, 0.2) is 28.1 Å². The Labute approximate surface area is 145 Å². The highest BCUT2D eigenvalue weighted by molar-refractivity contribution is 8.35. The van der Waals surface area contributed by atoms with Crippen LogP contribution in [0.1, 0.15) is 27.7 Å². The lowest BCUT2D eigenvalue weighted by Crippen LogP contribution is -1.98. The van der Waals surface area contributed by atoms with Crippen molar-refractivity contribution in [2.24, 2.45) is 0 Å². The molecule has 2 heterocycles. The average molecular weight is 373 g/mol. The van der Waals surface area contributed by atoms with E-state index in [4.69, 9.17) is 0 Å². The molecule has 0 aromatic rings. The van der Waals surface area contributed by atoms with Crippen LogP contribution < -0.4 is 0 Å². The first-order valence-corrected chi connectivity index (χ1v) is 9.47. The second-order valence-corrected chi connectivity index (χ2v) is 9.12. The standard InChI is InChI=1S/C14H12O4S4/c1-5(15)9-10(6(2)16)20-13(19-9)14-21-11(7(3)17)12(22-14)8(4)18/h1-4H3. The Hall–Kier alpha value is -0.700. The largest absolute Gasteiger partial charge is 0.294 e. The Bertz CT molecular complexity index is 596. The minimum Gasteiger partial charge on any atom is -0.294 e. The molecule has 0 N–H and O–H groups in total. The molecule has 0 amide bonds. The van der Waals surface area contributed by atoms with Crippen molar-refractivity contribution in [1.82, 2.24) is 0 Å². The van der Waals surface area contributed by atoms with Crippen molar-refractivity contribution in [3.63, 3.8) is 0 Å². The molecule has 2 aliphatic heterocycles. The Morgan fingerprint density at radius 2 is 0.682 bits per heavy atom. The van der Waals surface area contributed by atoms with E-state index in [1.165, 1.54) is 74.7 Å². The molecule has 2 rings (SSSR count). The van der Waals surface area contributed by atoms with Crippen molar-refractivity contribution in [1.29, 1.82) is 0 Å². The van der Waals surface area contributed by atoms with Gasteiger partial charge in [0.2, 0.25) is 0 Å². The zero-order chi connectivity index (χ0) is 16.6. The Kier molecular flexibility index (Phi) is 5.47. The number of hydrogen-bond acceptors (Lipinski definition) is 8. The number of carbonyl (C=O) groups is 4. The summed E-state index contributed by atoms with van der Waals surface area (Å²) < 4.78 is 1.56. The third-order valence-electron chi connectivity index (χ3n) is 2.64. The van der Waals surface area contributed by atoms with Crippen molar-refractivity contribution < 1.29 is 19.2 Å². The van der Waals surface area contributed by atoms with Gasteiger partial charge in [-0.05, 0) is 27.7 Å². The molecule has 0 atom stereocenters.